The van der Waals surface area contributed by atoms with Crippen molar-refractivity contribution >= 4 is 29.0 Å². The van der Waals surface area contributed by atoms with Gasteiger partial charge in [-0.2, -0.15) is 0 Å². The minimum Gasteiger partial charge on any atom is -0.322 e. The number of halogens is 1. The van der Waals surface area contributed by atoms with Crippen LogP contribution in [-0.2, 0) is 4.79 Å². The summed E-state index contributed by atoms with van der Waals surface area (Å²) in [5.41, 5.74) is 1.32. The number of carbonyl (C=O) groups is 1. The molecule has 18 heavy (non-hydrogen) atoms. The third-order valence-electron chi connectivity index (χ3n) is 2.40. The Hall–Kier alpha value is -1.94. The topological polar surface area (TPSA) is 29.1 Å². The fourth-order valence-corrected chi connectivity index (χ4v) is 2.07. The maximum Gasteiger partial charge on any atom is 0.248 e. The van der Waals surface area contributed by atoms with E-state index in [1.807, 2.05) is 24.4 Å². The SMILES string of the molecule is Cc1ccc(F)cc1NC(=O)/C=C/c1cccs1. The van der Waals surface area contributed by atoms with Gasteiger partial charge >= 0.3 is 0 Å². The number of aryl methyl sites for hydroxylation is 1. The first-order valence-corrected chi connectivity index (χ1v) is 6.32. The number of hydrogen-bond donors (Lipinski definition) is 1. The molecular formula is C14H12FNOS. The van der Waals surface area contributed by atoms with E-state index < -0.39 is 0 Å². The van der Waals surface area contributed by atoms with Crippen LogP contribution < -0.4 is 5.32 Å². The molecule has 0 fully saturated rings. The van der Waals surface area contributed by atoms with E-state index in [1.165, 1.54) is 18.2 Å². The molecule has 1 amide bonds. The summed E-state index contributed by atoms with van der Waals surface area (Å²) in [4.78, 5) is 12.7. The van der Waals surface area contributed by atoms with Crippen molar-refractivity contribution in [2.75, 3.05) is 5.32 Å². The number of anilines is 1. The van der Waals surface area contributed by atoms with Crippen LogP contribution in [0, 0.1) is 12.7 Å². The van der Waals surface area contributed by atoms with E-state index in [2.05, 4.69) is 5.32 Å². The zero-order valence-electron chi connectivity index (χ0n) is 9.81. The Morgan fingerprint density at radius 3 is 2.94 bits per heavy atom. The molecule has 2 aromatic rings. The highest BCUT2D eigenvalue weighted by molar-refractivity contribution is 7.10. The van der Waals surface area contributed by atoms with Crippen LogP contribution in [0.4, 0.5) is 10.1 Å². The lowest BCUT2D eigenvalue weighted by atomic mass is 10.2. The lowest BCUT2D eigenvalue weighted by Gasteiger charge is -2.05. The lowest BCUT2D eigenvalue weighted by Crippen LogP contribution is -2.09. The molecule has 0 bridgehead atoms. The van der Waals surface area contributed by atoms with Gasteiger partial charge in [-0.15, -0.1) is 11.3 Å². The number of thiophene rings is 1. The molecule has 1 aromatic carbocycles. The summed E-state index contributed by atoms with van der Waals surface area (Å²) >= 11 is 1.55. The maximum absolute atomic E-state index is 13.0. The van der Waals surface area contributed by atoms with Gasteiger partial charge in [0, 0.05) is 16.6 Å². The van der Waals surface area contributed by atoms with Crippen LogP contribution in [0.2, 0.25) is 0 Å². The van der Waals surface area contributed by atoms with Crippen LogP contribution in [0.1, 0.15) is 10.4 Å². The van der Waals surface area contributed by atoms with Crippen molar-refractivity contribution in [1.29, 1.82) is 0 Å². The summed E-state index contributed by atoms with van der Waals surface area (Å²) in [6.07, 6.45) is 3.17. The maximum atomic E-state index is 13.0. The van der Waals surface area contributed by atoms with Crippen LogP contribution in [0.3, 0.4) is 0 Å². The number of amides is 1. The fourth-order valence-electron chi connectivity index (χ4n) is 1.45. The Morgan fingerprint density at radius 1 is 1.39 bits per heavy atom. The third-order valence-corrected chi connectivity index (χ3v) is 3.24. The third kappa shape index (κ3) is 3.28. The molecule has 4 heteroatoms. The van der Waals surface area contributed by atoms with Gasteiger partial charge in [0.1, 0.15) is 5.82 Å². The first-order chi connectivity index (χ1) is 8.65. The van der Waals surface area contributed by atoms with E-state index >= 15 is 0 Å². The fraction of sp³-hybridized carbons (Fsp3) is 0.0714. The molecular weight excluding hydrogens is 249 g/mol. The second kappa shape index (κ2) is 5.60. The van der Waals surface area contributed by atoms with E-state index in [9.17, 15) is 9.18 Å². The zero-order valence-corrected chi connectivity index (χ0v) is 10.6. The van der Waals surface area contributed by atoms with Crippen LogP contribution >= 0.6 is 11.3 Å². The summed E-state index contributed by atoms with van der Waals surface area (Å²) < 4.78 is 13.0. The molecule has 2 rings (SSSR count). The van der Waals surface area contributed by atoms with Gasteiger partial charge in [0.2, 0.25) is 5.91 Å². The Labute approximate surface area is 109 Å². The highest BCUT2D eigenvalue weighted by Crippen LogP contribution is 2.16. The summed E-state index contributed by atoms with van der Waals surface area (Å²) in [5, 5.41) is 4.59. The summed E-state index contributed by atoms with van der Waals surface area (Å²) in [6, 6.07) is 8.15. The van der Waals surface area contributed by atoms with E-state index in [0.29, 0.717) is 5.69 Å². The molecule has 1 N–H and O–H groups in total. The Bertz CT molecular complexity index is 575. The molecule has 0 aliphatic carbocycles. The quantitative estimate of drug-likeness (QED) is 0.835. The van der Waals surface area contributed by atoms with Crippen molar-refractivity contribution in [2.24, 2.45) is 0 Å². The number of nitrogens with one attached hydrogen (secondary N) is 1. The Morgan fingerprint density at radius 2 is 2.22 bits per heavy atom. The lowest BCUT2D eigenvalue weighted by molar-refractivity contribution is -0.111. The van der Waals surface area contributed by atoms with Gasteiger partial charge < -0.3 is 5.32 Å². The normalized spacial score (nSPS) is 10.8. The van der Waals surface area contributed by atoms with E-state index in [0.717, 1.165) is 10.4 Å². The van der Waals surface area contributed by atoms with E-state index in [-0.39, 0.29) is 11.7 Å². The smallest absolute Gasteiger partial charge is 0.248 e. The second-order valence-electron chi connectivity index (χ2n) is 3.80. The van der Waals surface area contributed by atoms with Gasteiger partial charge in [0.05, 0.1) is 0 Å². The molecule has 2 nitrogen and oxygen atoms in total. The average molecular weight is 261 g/mol. The van der Waals surface area contributed by atoms with Crippen molar-refractivity contribution in [3.63, 3.8) is 0 Å². The zero-order chi connectivity index (χ0) is 13.0. The molecule has 0 spiro atoms. The van der Waals surface area contributed by atoms with Gasteiger partial charge in [0.25, 0.3) is 0 Å². The molecule has 0 unspecified atom stereocenters. The predicted octanol–water partition coefficient (Wildman–Crippen LogP) is 3.85. The van der Waals surface area contributed by atoms with Crippen LogP contribution in [0.25, 0.3) is 6.08 Å². The Balaban J connectivity index is 2.05. The number of hydrogen-bond acceptors (Lipinski definition) is 2. The van der Waals surface area contributed by atoms with Gasteiger partial charge in [-0.1, -0.05) is 12.1 Å². The average Bonchev–Trinajstić information content (AvgIpc) is 2.84. The van der Waals surface area contributed by atoms with Crippen molar-refractivity contribution < 1.29 is 9.18 Å². The van der Waals surface area contributed by atoms with Gasteiger partial charge in [0.15, 0.2) is 0 Å². The molecule has 0 saturated carbocycles. The first-order valence-electron chi connectivity index (χ1n) is 5.44. The summed E-state index contributed by atoms with van der Waals surface area (Å²) in [6.45, 7) is 1.82. The van der Waals surface area contributed by atoms with Crippen molar-refractivity contribution in [3.8, 4) is 0 Å². The van der Waals surface area contributed by atoms with E-state index in [1.54, 1.807) is 23.5 Å². The number of carbonyl (C=O) groups excluding carboxylic acids is 1. The van der Waals surface area contributed by atoms with Gasteiger partial charge in [-0.05, 0) is 42.1 Å². The van der Waals surface area contributed by atoms with Crippen LogP contribution in [-0.4, -0.2) is 5.91 Å². The second-order valence-corrected chi connectivity index (χ2v) is 4.78. The largest absolute Gasteiger partial charge is 0.322 e. The molecule has 0 aliphatic rings. The monoisotopic (exact) mass is 261 g/mol. The molecule has 1 aromatic heterocycles. The summed E-state index contributed by atoms with van der Waals surface area (Å²) in [7, 11) is 0. The highest BCUT2D eigenvalue weighted by Gasteiger charge is 2.03. The van der Waals surface area contributed by atoms with Crippen LogP contribution in [0.5, 0.6) is 0 Å². The number of rotatable bonds is 3. The minimum absolute atomic E-state index is 0.267. The molecule has 92 valence electrons. The Kier molecular flexibility index (Phi) is 3.89. The van der Waals surface area contributed by atoms with Crippen molar-refractivity contribution in [2.45, 2.75) is 6.92 Å². The van der Waals surface area contributed by atoms with E-state index in [4.69, 9.17) is 0 Å². The van der Waals surface area contributed by atoms with Gasteiger partial charge in [-0.25, -0.2) is 4.39 Å². The van der Waals surface area contributed by atoms with Gasteiger partial charge in [-0.3, -0.25) is 4.79 Å². The molecule has 0 aliphatic heterocycles. The van der Waals surface area contributed by atoms with Crippen LogP contribution in [0.15, 0.2) is 41.8 Å². The molecule has 0 atom stereocenters. The predicted molar refractivity (Wildman–Crippen MR) is 73.1 cm³/mol. The van der Waals surface area contributed by atoms with Crippen molar-refractivity contribution in [3.05, 3.63) is 58.0 Å². The standard InChI is InChI=1S/C14H12FNOS/c1-10-4-5-11(15)9-13(10)16-14(17)7-6-12-3-2-8-18-12/h2-9H,1H3,(H,16,17)/b7-6+. The summed E-state index contributed by atoms with van der Waals surface area (Å²) in [5.74, 6) is -0.629. The molecule has 0 saturated heterocycles. The van der Waals surface area contributed by atoms with Crippen molar-refractivity contribution in [1.82, 2.24) is 0 Å². The highest BCUT2D eigenvalue weighted by atomic mass is 32.1. The molecule has 1 heterocycles. The minimum atomic E-state index is -0.363. The molecule has 0 radical (unpaired) electrons. The number of benzene rings is 1. The first kappa shape index (κ1) is 12.5.